The van der Waals surface area contributed by atoms with Crippen LogP contribution >= 0.6 is 0 Å². The zero-order valence-corrected chi connectivity index (χ0v) is 8.87. The Hall–Kier alpha value is -0.570. The Kier molecular flexibility index (Phi) is 2.66. The molecular weight excluding hydrogens is 166 g/mol. The highest BCUT2D eigenvalue weighted by Gasteiger charge is 2.45. The fourth-order valence-corrected chi connectivity index (χ4v) is 2.16. The molecule has 1 rings (SSSR count). The summed E-state index contributed by atoms with van der Waals surface area (Å²) in [5.41, 5.74) is -0.0872. The Balaban J connectivity index is 2.86. The van der Waals surface area contributed by atoms with E-state index in [1.807, 2.05) is 13.8 Å². The minimum absolute atomic E-state index is 0.0872. The van der Waals surface area contributed by atoms with Gasteiger partial charge < -0.3 is 5.11 Å². The van der Waals surface area contributed by atoms with E-state index in [1.165, 1.54) is 0 Å². The second-order valence-electron chi connectivity index (χ2n) is 4.81. The monoisotopic (exact) mass is 185 g/mol. The SMILES string of the molecule is CC(C)N1CCC(C)(C)[C@H]1C(=O)O. The van der Waals surface area contributed by atoms with E-state index >= 15 is 0 Å². The minimum atomic E-state index is -0.684. The molecule has 1 aliphatic rings. The van der Waals surface area contributed by atoms with E-state index in [0.29, 0.717) is 6.04 Å². The van der Waals surface area contributed by atoms with Crippen LogP contribution in [0, 0.1) is 5.41 Å². The number of rotatable bonds is 2. The fraction of sp³-hybridized carbons (Fsp3) is 0.900. The molecule has 3 heteroatoms. The molecule has 1 N–H and O–H groups in total. The topological polar surface area (TPSA) is 40.5 Å². The van der Waals surface area contributed by atoms with Crippen LogP contribution in [0.3, 0.4) is 0 Å². The van der Waals surface area contributed by atoms with Crippen LogP contribution in [0.25, 0.3) is 0 Å². The molecule has 0 unspecified atom stereocenters. The van der Waals surface area contributed by atoms with Gasteiger partial charge in [0.05, 0.1) is 0 Å². The first-order chi connectivity index (χ1) is 5.86. The van der Waals surface area contributed by atoms with Gasteiger partial charge in [-0.2, -0.15) is 0 Å². The maximum absolute atomic E-state index is 11.1. The Bertz CT molecular complexity index is 211. The summed E-state index contributed by atoms with van der Waals surface area (Å²) in [5.74, 6) is -0.684. The van der Waals surface area contributed by atoms with Gasteiger partial charge in [0.25, 0.3) is 0 Å². The summed E-state index contributed by atoms with van der Waals surface area (Å²) < 4.78 is 0. The molecule has 13 heavy (non-hydrogen) atoms. The van der Waals surface area contributed by atoms with Gasteiger partial charge in [0.1, 0.15) is 6.04 Å². The molecule has 0 spiro atoms. The van der Waals surface area contributed by atoms with Gasteiger partial charge in [-0.3, -0.25) is 9.69 Å². The number of carboxylic acids is 1. The third-order valence-corrected chi connectivity index (χ3v) is 2.98. The highest BCUT2D eigenvalue weighted by molar-refractivity contribution is 5.75. The molecule has 0 aromatic heterocycles. The molecule has 1 aliphatic heterocycles. The standard InChI is InChI=1S/C10H19NO2/c1-7(2)11-6-5-10(3,4)8(11)9(12)13/h7-8H,5-6H2,1-4H3,(H,12,13)/t8-/m1/s1. The zero-order chi connectivity index (χ0) is 10.2. The van der Waals surface area contributed by atoms with E-state index in [1.54, 1.807) is 0 Å². The molecule has 0 amide bonds. The molecule has 0 aromatic carbocycles. The summed E-state index contributed by atoms with van der Waals surface area (Å²) in [6, 6.07) is 0.00961. The van der Waals surface area contributed by atoms with Crippen LogP contribution in [0.4, 0.5) is 0 Å². The zero-order valence-electron chi connectivity index (χ0n) is 8.87. The molecule has 0 aliphatic carbocycles. The Labute approximate surface area is 79.7 Å². The predicted molar refractivity (Wildman–Crippen MR) is 51.7 cm³/mol. The Morgan fingerprint density at radius 1 is 1.54 bits per heavy atom. The number of hydrogen-bond acceptors (Lipinski definition) is 2. The predicted octanol–water partition coefficient (Wildman–Crippen LogP) is 1.58. The third kappa shape index (κ3) is 1.85. The molecular formula is C10H19NO2. The van der Waals surface area contributed by atoms with E-state index in [9.17, 15) is 4.79 Å². The van der Waals surface area contributed by atoms with Gasteiger partial charge >= 0.3 is 5.97 Å². The maximum Gasteiger partial charge on any atom is 0.321 e. The van der Waals surface area contributed by atoms with Crippen molar-refractivity contribution >= 4 is 5.97 Å². The molecule has 76 valence electrons. The first-order valence-electron chi connectivity index (χ1n) is 4.85. The lowest BCUT2D eigenvalue weighted by atomic mass is 9.84. The van der Waals surface area contributed by atoms with Crippen molar-refractivity contribution in [2.45, 2.75) is 46.2 Å². The van der Waals surface area contributed by atoms with Gasteiger partial charge in [0.2, 0.25) is 0 Å². The lowest BCUT2D eigenvalue weighted by molar-refractivity contribution is -0.145. The average Bonchev–Trinajstić information content (AvgIpc) is 2.24. The van der Waals surface area contributed by atoms with Gasteiger partial charge in [0, 0.05) is 6.04 Å². The van der Waals surface area contributed by atoms with E-state index in [-0.39, 0.29) is 11.5 Å². The van der Waals surface area contributed by atoms with Gasteiger partial charge in [-0.15, -0.1) is 0 Å². The van der Waals surface area contributed by atoms with Crippen molar-refractivity contribution in [3.8, 4) is 0 Å². The van der Waals surface area contributed by atoms with Gasteiger partial charge in [-0.25, -0.2) is 0 Å². The van der Waals surface area contributed by atoms with Crippen molar-refractivity contribution in [2.75, 3.05) is 6.54 Å². The van der Waals surface area contributed by atoms with E-state index in [2.05, 4.69) is 18.7 Å². The van der Waals surface area contributed by atoms with Crippen molar-refractivity contribution < 1.29 is 9.90 Å². The molecule has 1 fully saturated rings. The van der Waals surface area contributed by atoms with E-state index in [0.717, 1.165) is 13.0 Å². The smallest absolute Gasteiger partial charge is 0.321 e. The maximum atomic E-state index is 11.1. The van der Waals surface area contributed by atoms with E-state index < -0.39 is 5.97 Å². The summed E-state index contributed by atoms with van der Waals surface area (Å²) in [5, 5.41) is 9.13. The van der Waals surface area contributed by atoms with Crippen molar-refractivity contribution in [3.63, 3.8) is 0 Å². The molecule has 1 atom stereocenters. The first-order valence-corrected chi connectivity index (χ1v) is 4.85. The van der Waals surface area contributed by atoms with Crippen LogP contribution in [-0.2, 0) is 4.79 Å². The van der Waals surface area contributed by atoms with Crippen LogP contribution in [-0.4, -0.2) is 34.6 Å². The molecule has 1 heterocycles. The quantitative estimate of drug-likeness (QED) is 0.710. The summed E-state index contributed by atoms with van der Waals surface area (Å²) >= 11 is 0. The first kappa shape index (κ1) is 10.5. The number of hydrogen-bond donors (Lipinski definition) is 1. The molecule has 1 saturated heterocycles. The van der Waals surface area contributed by atoms with Crippen LogP contribution in [0.5, 0.6) is 0 Å². The number of likely N-dealkylation sites (tertiary alicyclic amines) is 1. The molecule has 0 radical (unpaired) electrons. The van der Waals surface area contributed by atoms with Gasteiger partial charge in [0.15, 0.2) is 0 Å². The van der Waals surface area contributed by atoms with Crippen molar-refractivity contribution in [1.82, 2.24) is 4.90 Å². The average molecular weight is 185 g/mol. The lowest BCUT2D eigenvalue weighted by Gasteiger charge is -2.31. The molecule has 0 bridgehead atoms. The summed E-state index contributed by atoms with van der Waals surface area (Å²) in [4.78, 5) is 13.2. The van der Waals surface area contributed by atoms with Crippen LogP contribution in [0.1, 0.15) is 34.1 Å². The number of nitrogens with zero attached hydrogens (tertiary/aromatic N) is 1. The third-order valence-electron chi connectivity index (χ3n) is 2.98. The van der Waals surface area contributed by atoms with Crippen molar-refractivity contribution in [3.05, 3.63) is 0 Å². The molecule has 0 saturated carbocycles. The van der Waals surface area contributed by atoms with E-state index in [4.69, 9.17) is 5.11 Å². The lowest BCUT2D eigenvalue weighted by Crippen LogP contribution is -2.46. The summed E-state index contributed by atoms with van der Waals surface area (Å²) in [7, 11) is 0. The van der Waals surface area contributed by atoms with Crippen LogP contribution in [0.2, 0.25) is 0 Å². The van der Waals surface area contributed by atoms with Crippen LogP contribution < -0.4 is 0 Å². The van der Waals surface area contributed by atoms with Gasteiger partial charge in [-0.1, -0.05) is 13.8 Å². The highest BCUT2D eigenvalue weighted by atomic mass is 16.4. The molecule has 0 aromatic rings. The second-order valence-corrected chi connectivity index (χ2v) is 4.81. The fourth-order valence-electron chi connectivity index (χ4n) is 2.16. The summed E-state index contributed by atoms with van der Waals surface area (Å²) in [6.07, 6.45) is 0.974. The molecule has 3 nitrogen and oxygen atoms in total. The van der Waals surface area contributed by atoms with Crippen molar-refractivity contribution in [1.29, 1.82) is 0 Å². The largest absolute Gasteiger partial charge is 0.480 e. The number of carbonyl (C=O) groups is 1. The second kappa shape index (κ2) is 3.29. The van der Waals surface area contributed by atoms with Crippen LogP contribution in [0.15, 0.2) is 0 Å². The minimum Gasteiger partial charge on any atom is -0.480 e. The number of aliphatic carboxylic acids is 1. The Morgan fingerprint density at radius 2 is 2.08 bits per heavy atom. The van der Waals surface area contributed by atoms with Gasteiger partial charge in [-0.05, 0) is 32.2 Å². The highest BCUT2D eigenvalue weighted by Crippen LogP contribution is 2.37. The Morgan fingerprint density at radius 3 is 2.38 bits per heavy atom. The summed E-state index contributed by atoms with van der Waals surface area (Å²) in [6.45, 7) is 9.08. The number of carboxylic acid groups (broad SMARTS) is 1. The normalized spacial score (nSPS) is 28.2. The van der Waals surface area contributed by atoms with Crippen molar-refractivity contribution in [2.24, 2.45) is 5.41 Å².